The van der Waals surface area contributed by atoms with Crippen LogP contribution < -0.4 is 5.73 Å². The van der Waals surface area contributed by atoms with Gasteiger partial charge in [0.2, 0.25) is 0 Å². The average Bonchev–Trinajstić information content (AvgIpc) is 2.27. The summed E-state index contributed by atoms with van der Waals surface area (Å²) in [5.74, 6) is 0. The molecule has 0 amide bonds. The molecule has 0 bridgehead atoms. The second-order valence-electron chi connectivity index (χ2n) is 4.26. The first-order chi connectivity index (χ1) is 7.55. The van der Waals surface area contributed by atoms with Crippen molar-refractivity contribution in [2.24, 2.45) is 5.73 Å². The Labute approximate surface area is 99.4 Å². The smallest absolute Gasteiger partial charge is 0.101 e. The molecule has 4 heteroatoms. The summed E-state index contributed by atoms with van der Waals surface area (Å²) < 4.78 is 5.32. The van der Waals surface area contributed by atoms with Crippen molar-refractivity contribution in [1.29, 1.82) is 5.26 Å². The first kappa shape index (κ1) is 15.4. The van der Waals surface area contributed by atoms with Gasteiger partial charge in [0.25, 0.3) is 0 Å². The Kier molecular flexibility index (Phi) is 8.18. The zero-order valence-corrected chi connectivity index (χ0v) is 10.8. The molecule has 0 aromatic heterocycles. The van der Waals surface area contributed by atoms with E-state index in [1.807, 2.05) is 6.92 Å². The Balaban J connectivity index is 3.67. The van der Waals surface area contributed by atoms with Gasteiger partial charge in [0.1, 0.15) is 5.54 Å². The molecule has 0 saturated carbocycles. The Morgan fingerprint density at radius 1 is 1.38 bits per heavy atom. The van der Waals surface area contributed by atoms with Gasteiger partial charge in [0.05, 0.1) is 12.7 Å². The van der Waals surface area contributed by atoms with E-state index in [1.165, 1.54) is 0 Å². The fourth-order valence-corrected chi connectivity index (χ4v) is 1.49. The van der Waals surface area contributed by atoms with Crippen LogP contribution in [-0.4, -0.2) is 43.3 Å². The van der Waals surface area contributed by atoms with E-state index in [9.17, 15) is 0 Å². The average molecular weight is 227 g/mol. The van der Waals surface area contributed by atoms with Gasteiger partial charge in [-0.05, 0) is 39.8 Å². The molecular formula is C12H25N3O. The standard InChI is InChI=1S/C12H25N3O/c1-4-15(9-10-16-5-2)8-6-7-12(3,14)11-13/h4-10,14H2,1-3H3. The summed E-state index contributed by atoms with van der Waals surface area (Å²) in [5, 5.41) is 8.78. The van der Waals surface area contributed by atoms with Crippen molar-refractivity contribution in [3.05, 3.63) is 0 Å². The molecular weight excluding hydrogens is 202 g/mol. The molecule has 0 saturated heterocycles. The molecule has 1 unspecified atom stereocenters. The highest BCUT2D eigenvalue weighted by atomic mass is 16.5. The van der Waals surface area contributed by atoms with Crippen LogP contribution in [0.15, 0.2) is 0 Å². The fourth-order valence-electron chi connectivity index (χ4n) is 1.49. The number of nitrogens with two attached hydrogens (primary N) is 1. The Morgan fingerprint density at radius 3 is 2.56 bits per heavy atom. The first-order valence-electron chi connectivity index (χ1n) is 6.06. The minimum absolute atomic E-state index is 0.681. The van der Waals surface area contributed by atoms with Crippen LogP contribution in [0.5, 0.6) is 0 Å². The Bertz CT molecular complexity index is 211. The summed E-state index contributed by atoms with van der Waals surface area (Å²) in [6, 6.07) is 2.12. The Morgan fingerprint density at radius 2 is 2.06 bits per heavy atom. The molecule has 0 aromatic rings. The van der Waals surface area contributed by atoms with Crippen molar-refractivity contribution in [3.63, 3.8) is 0 Å². The zero-order valence-electron chi connectivity index (χ0n) is 10.8. The predicted molar refractivity (Wildman–Crippen MR) is 66.0 cm³/mol. The maximum absolute atomic E-state index is 8.78. The lowest BCUT2D eigenvalue weighted by Gasteiger charge is -2.22. The maximum atomic E-state index is 8.78. The van der Waals surface area contributed by atoms with Crippen molar-refractivity contribution >= 4 is 0 Å². The molecule has 4 nitrogen and oxygen atoms in total. The SMILES string of the molecule is CCOCCN(CC)CCCC(C)(N)C#N. The third-order valence-corrected chi connectivity index (χ3v) is 2.63. The molecule has 0 aliphatic rings. The summed E-state index contributed by atoms with van der Waals surface area (Å²) in [6.45, 7) is 10.4. The normalized spacial score (nSPS) is 14.8. The van der Waals surface area contributed by atoms with Crippen molar-refractivity contribution in [2.75, 3.05) is 32.8 Å². The van der Waals surface area contributed by atoms with Crippen LogP contribution in [0.25, 0.3) is 0 Å². The maximum Gasteiger partial charge on any atom is 0.101 e. The quantitative estimate of drug-likeness (QED) is 0.604. The third kappa shape index (κ3) is 7.63. The van der Waals surface area contributed by atoms with Crippen LogP contribution >= 0.6 is 0 Å². The van der Waals surface area contributed by atoms with Crippen molar-refractivity contribution in [1.82, 2.24) is 4.90 Å². The van der Waals surface area contributed by atoms with Gasteiger partial charge in [-0.1, -0.05) is 6.92 Å². The zero-order chi connectivity index (χ0) is 12.4. The molecule has 0 rings (SSSR count). The number of ether oxygens (including phenoxy) is 1. The fraction of sp³-hybridized carbons (Fsp3) is 0.917. The molecule has 0 heterocycles. The van der Waals surface area contributed by atoms with Crippen LogP contribution in [0.2, 0.25) is 0 Å². The molecule has 94 valence electrons. The van der Waals surface area contributed by atoms with Gasteiger partial charge in [-0.3, -0.25) is 0 Å². The van der Waals surface area contributed by atoms with E-state index in [4.69, 9.17) is 15.7 Å². The van der Waals surface area contributed by atoms with E-state index in [-0.39, 0.29) is 0 Å². The second-order valence-corrected chi connectivity index (χ2v) is 4.26. The van der Waals surface area contributed by atoms with Crippen molar-refractivity contribution in [3.8, 4) is 6.07 Å². The van der Waals surface area contributed by atoms with Crippen molar-refractivity contribution in [2.45, 2.75) is 39.2 Å². The van der Waals surface area contributed by atoms with E-state index in [0.717, 1.165) is 45.7 Å². The summed E-state index contributed by atoms with van der Waals surface area (Å²) in [4.78, 5) is 2.32. The number of nitrogens with zero attached hydrogens (tertiary/aromatic N) is 2. The van der Waals surface area contributed by atoms with E-state index in [2.05, 4.69) is 17.9 Å². The number of likely N-dealkylation sites (N-methyl/N-ethyl adjacent to an activating group) is 1. The summed E-state index contributed by atoms with van der Waals surface area (Å²) in [6.07, 6.45) is 1.70. The highest BCUT2D eigenvalue weighted by Gasteiger charge is 2.16. The molecule has 1 atom stereocenters. The molecule has 16 heavy (non-hydrogen) atoms. The van der Waals surface area contributed by atoms with E-state index >= 15 is 0 Å². The molecule has 0 fully saturated rings. The minimum atomic E-state index is -0.681. The molecule has 0 aliphatic carbocycles. The molecule has 2 N–H and O–H groups in total. The third-order valence-electron chi connectivity index (χ3n) is 2.63. The Hall–Kier alpha value is -0.630. The number of hydrogen-bond acceptors (Lipinski definition) is 4. The summed E-state index contributed by atoms with van der Waals surface area (Å²) in [7, 11) is 0. The van der Waals surface area contributed by atoms with Crippen LogP contribution in [0, 0.1) is 11.3 Å². The van der Waals surface area contributed by atoms with Gasteiger partial charge in [-0.2, -0.15) is 5.26 Å². The summed E-state index contributed by atoms with van der Waals surface area (Å²) >= 11 is 0. The molecule has 0 aromatic carbocycles. The highest BCUT2D eigenvalue weighted by Crippen LogP contribution is 2.07. The van der Waals surface area contributed by atoms with E-state index in [1.54, 1.807) is 6.92 Å². The lowest BCUT2D eigenvalue weighted by Crippen LogP contribution is -2.36. The van der Waals surface area contributed by atoms with Crippen molar-refractivity contribution < 1.29 is 4.74 Å². The first-order valence-corrected chi connectivity index (χ1v) is 6.06. The lowest BCUT2D eigenvalue weighted by molar-refractivity contribution is 0.114. The summed E-state index contributed by atoms with van der Waals surface area (Å²) in [5.41, 5.74) is 5.08. The van der Waals surface area contributed by atoms with Gasteiger partial charge in [-0.15, -0.1) is 0 Å². The van der Waals surface area contributed by atoms with Crippen LogP contribution in [0.3, 0.4) is 0 Å². The highest BCUT2D eigenvalue weighted by molar-refractivity contribution is 5.00. The van der Waals surface area contributed by atoms with Gasteiger partial charge in [0.15, 0.2) is 0 Å². The minimum Gasteiger partial charge on any atom is -0.380 e. The van der Waals surface area contributed by atoms with Gasteiger partial charge < -0.3 is 15.4 Å². The lowest BCUT2D eigenvalue weighted by atomic mass is 9.99. The second kappa shape index (κ2) is 8.51. The molecule has 0 aliphatic heterocycles. The van der Waals surface area contributed by atoms with Gasteiger partial charge >= 0.3 is 0 Å². The largest absolute Gasteiger partial charge is 0.380 e. The monoisotopic (exact) mass is 227 g/mol. The predicted octanol–water partition coefficient (Wildman–Crippen LogP) is 1.37. The van der Waals surface area contributed by atoms with Gasteiger partial charge in [0, 0.05) is 13.2 Å². The van der Waals surface area contributed by atoms with Gasteiger partial charge in [-0.25, -0.2) is 0 Å². The van der Waals surface area contributed by atoms with Crippen LogP contribution in [-0.2, 0) is 4.74 Å². The number of rotatable bonds is 9. The number of hydrogen-bond donors (Lipinski definition) is 1. The van der Waals surface area contributed by atoms with E-state index in [0.29, 0.717) is 0 Å². The molecule has 0 spiro atoms. The number of nitriles is 1. The van der Waals surface area contributed by atoms with E-state index < -0.39 is 5.54 Å². The molecule has 0 radical (unpaired) electrons. The topological polar surface area (TPSA) is 62.3 Å². The van der Waals surface area contributed by atoms with Crippen LogP contribution in [0.1, 0.15) is 33.6 Å². The van der Waals surface area contributed by atoms with Crippen LogP contribution in [0.4, 0.5) is 0 Å².